The van der Waals surface area contributed by atoms with E-state index in [9.17, 15) is 9.59 Å². The quantitative estimate of drug-likeness (QED) is 0.781. The van der Waals surface area contributed by atoms with Crippen molar-refractivity contribution in [2.45, 2.75) is 0 Å². The molecule has 18 heavy (non-hydrogen) atoms. The molecule has 0 radical (unpaired) electrons. The van der Waals surface area contributed by atoms with Crippen LogP contribution >= 0.6 is 11.6 Å². The minimum absolute atomic E-state index is 0.134. The second kappa shape index (κ2) is 6.26. The maximum absolute atomic E-state index is 12.1. The molecule has 0 spiro atoms. The SMILES string of the molecule is COC(=O)CN(C)C(=O)c1cc(Cl)ccc1OC. The van der Waals surface area contributed by atoms with Gasteiger partial charge in [0.25, 0.3) is 5.91 Å². The number of rotatable bonds is 4. The van der Waals surface area contributed by atoms with Crippen molar-refractivity contribution in [2.24, 2.45) is 0 Å². The molecule has 0 N–H and O–H groups in total. The molecule has 98 valence electrons. The number of amides is 1. The molecule has 0 bridgehead atoms. The van der Waals surface area contributed by atoms with E-state index in [1.54, 1.807) is 12.1 Å². The van der Waals surface area contributed by atoms with E-state index in [0.717, 1.165) is 0 Å². The van der Waals surface area contributed by atoms with E-state index in [1.807, 2.05) is 0 Å². The molecule has 0 fully saturated rings. The number of carbonyl (C=O) groups is 2. The maximum Gasteiger partial charge on any atom is 0.325 e. The van der Waals surface area contributed by atoms with Gasteiger partial charge < -0.3 is 14.4 Å². The van der Waals surface area contributed by atoms with Gasteiger partial charge in [-0.05, 0) is 18.2 Å². The van der Waals surface area contributed by atoms with Gasteiger partial charge in [0.05, 0.1) is 19.8 Å². The highest BCUT2D eigenvalue weighted by molar-refractivity contribution is 6.31. The summed E-state index contributed by atoms with van der Waals surface area (Å²) in [6.07, 6.45) is 0. The molecule has 0 saturated carbocycles. The van der Waals surface area contributed by atoms with Crippen LogP contribution in [0.4, 0.5) is 0 Å². The number of hydrogen-bond acceptors (Lipinski definition) is 4. The minimum atomic E-state index is -0.494. The standard InChI is InChI=1S/C12H14ClNO4/c1-14(7-11(15)18-3)12(16)9-6-8(13)4-5-10(9)17-2/h4-6H,7H2,1-3H3. The lowest BCUT2D eigenvalue weighted by molar-refractivity contribution is -0.141. The van der Waals surface area contributed by atoms with Crippen molar-refractivity contribution in [1.82, 2.24) is 4.90 Å². The van der Waals surface area contributed by atoms with Gasteiger partial charge in [-0.25, -0.2) is 0 Å². The number of benzene rings is 1. The normalized spacial score (nSPS) is 9.78. The highest BCUT2D eigenvalue weighted by Gasteiger charge is 2.19. The van der Waals surface area contributed by atoms with Gasteiger partial charge in [0.1, 0.15) is 12.3 Å². The Morgan fingerprint density at radius 1 is 1.33 bits per heavy atom. The molecular weight excluding hydrogens is 258 g/mol. The fraction of sp³-hybridized carbons (Fsp3) is 0.333. The molecule has 1 aromatic rings. The van der Waals surface area contributed by atoms with Gasteiger partial charge in [-0.1, -0.05) is 11.6 Å². The van der Waals surface area contributed by atoms with Crippen molar-refractivity contribution in [3.8, 4) is 5.75 Å². The highest BCUT2D eigenvalue weighted by atomic mass is 35.5. The van der Waals surface area contributed by atoms with Crippen LogP contribution in [0.3, 0.4) is 0 Å². The number of esters is 1. The average Bonchev–Trinajstić information content (AvgIpc) is 2.37. The monoisotopic (exact) mass is 271 g/mol. The van der Waals surface area contributed by atoms with E-state index in [-0.39, 0.29) is 12.5 Å². The summed E-state index contributed by atoms with van der Waals surface area (Å²) < 4.78 is 9.58. The Morgan fingerprint density at radius 3 is 2.56 bits per heavy atom. The van der Waals surface area contributed by atoms with Crippen LogP contribution in [-0.2, 0) is 9.53 Å². The van der Waals surface area contributed by atoms with E-state index < -0.39 is 5.97 Å². The number of halogens is 1. The van der Waals surface area contributed by atoms with Crippen molar-refractivity contribution in [3.63, 3.8) is 0 Å². The van der Waals surface area contributed by atoms with Crippen LogP contribution < -0.4 is 4.74 Å². The predicted octanol–water partition coefficient (Wildman–Crippen LogP) is 1.59. The first-order valence-electron chi connectivity index (χ1n) is 5.15. The molecular formula is C12H14ClNO4. The molecule has 5 nitrogen and oxygen atoms in total. The summed E-state index contributed by atoms with van der Waals surface area (Å²) in [5.74, 6) is -0.451. The molecule has 0 aromatic heterocycles. The van der Waals surface area contributed by atoms with Crippen LogP contribution in [0, 0.1) is 0 Å². The van der Waals surface area contributed by atoms with Gasteiger partial charge in [-0.15, -0.1) is 0 Å². The molecule has 0 saturated heterocycles. The van der Waals surface area contributed by atoms with E-state index in [1.165, 1.54) is 32.2 Å². The summed E-state index contributed by atoms with van der Waals surface area (Å²) >= 11 is 5.84. The predicted molar refractivity (Wildman–Crippen MR) is 67.0 cm³/mol. The van der Waals surface area contributed by atoms with Gasteiger partial charge >= 0.3 is 5.97 Å². The Morgan fingerprint density at radius 2 is 2.00 bits per heavy atom. The lowest BCUT2D eigenvalue weighted by atomic mass is 10.1. The van der Waals surface area contributed by atoms with Gasteiger partial charge in [0, 0.05) is 12.1 Å². The van der Waals surface area contributed by atoms with E-state index >= 15 is 0 Å². The van der Waals surface area contributed by atoms with E-state index in [4.69, 9.17) is 16.3 Å². The maximum atomic E-state index is 12.1. The summed E-state index contributed by atoms with van der Waals surface area (Å²) in [6, 6.07) is 4.72. The van der Waals surface area contributed by atoms with Crippen molar-refractivity contribution in [1.29, 1.82) is 0 Å². The molecule has 0 aliphatic rings. The summed E-state index contributed by atoms with van der Waals surface area (Å²) in [4.78, 5) is 24.4. The fourth-order valence-corrected chi connectivity index (χ4v) is 1.56. The molecule has 1 rings (SSSR count). The lowest BCUT2D eigenvalue weighted by Crippen LogP contribution is -2.32. The Balaban J connectivity index is 2.95. The summed E-state index contributed by atoms with van der Waals surface area (Å²) in [7, 11) is 4.22. The molecule has 0 unspecified atom stereocenters. The number of likely N-dealkylation sites (N-methyl/N-ethyl adjacent to an activating group) is 1. The largest absolute Gasteiger partial charge is 0.496 e. The number of carbonyl (C=O) groups excluding carboxylic acids is 2. The molecule has 0 aliphatic heterocycles. The average molecular weight is 272 g/mol. The van der Waals surface area contributed by atoms with Crippen molar-refractivity contribution in [2.75, 3.05) is 27.8 Å². The van der Waals surface area contributed by atoms with Crippen LogP contribution in [0.5, 0.6) is 5.75 Å². The Bertz CT molecular complexity index is 461. The van der Waals surface area contributed by atoms with Crippen LogP contribution in [0.1, 0.15) is 10.4 Å². The van der Waals surface area contributed by atoms with E-state index in [0.29, 0.717) is 16.3 Å². The van der Waals surface area contributed by atoms with Gasteiger partial charge in [-0.2, -0.15) is 0 Å². The van der Waals surface area contributed by atoms with Gasteiger partial charge in [0.15, 0.2) is 0 Å². The molecule has 0 aliphatic carbocycles. The Kier molecular flexibility index (Phi) is 4.97. The minimum Gasteiger partial charge on any atom is -0.496 e. The second-order valence-corrected chi connectivity index (χ2v) is 4.02. The van der Waals surface area contributed by atoms with Gasteiger partial charge in [-0.3, -0.25) is 9.59 Å². The smallest absolute Gasteiger partial charge is 0.325 e. The molecule has 0 heterocycles. The third-order valence-corrected chi connectivity index (χ3v) is 2.57. The first kappa shape index (κ1) is 14.3. The highest BCUT2D eigenvalue weighted by Crippen LogP contribution is 2.23. The third kappa shape index (κ3) is 3.37. The van der Waals surface area contributed by atoms with Crippen molar-refractivity contribution >= 4 is 23.5 Å². The van der Waals surface area contributed by atoms with Crippen LogP contribution in [-0.4, -0.2) is 44.6 Å². The Hall–Kier alpha value is -1.75. The van der Waals surface area contributed by atoms with Crippen LogP contribution in [0.2, 0.25) is 5.02 Å². The lowest BCUT2D eigenvalue weighted by Gasteiger charge is -2.17. The molecule has 0 atom stereocenters. The fourth-order valence-electron chi connectivity index (χ4n) is 1.38. The number of ether oxygens (including phenoxy) is 2. The zero-order valence-electron chi connectivity index (χ0n) is 10.4. The first-order chi connectivity index (χ1) is 8.49. The Labute approximate surface area is 110 Å². The molecule has 1 amide bonds. The summed E-state index contributed by atoms with van der Waals surface area (Å²) in [5, 5.41) is 0.422. The van der Waals surface area contributed by atoms with Crippen LogP contribution in [0.25, 0.3) is 0 Å². The topological polar surface area (TPSA) is 55.8 Å². The summed E-state index contributed by atoms with van der Waals surface area (Å²) in [6.45, 7) is -0.134. The first-order valence-corrected chi connectivity index (χ1v) is 5.53. The molecule has 1 aromatic carbocycles. The summed E-state index contributed by atoms with van der Waals surface area (Å²) in [5.41, 5.74) is 0.302. The van der Waals surface area contributed by atoms with Gasteiger partial charge in [0.2, 0.25) is 0 Å². The second-order valence-electron chi connectivity index (χ2n) is 3.58. The van der Waals surface area contributed by atoms with Crippen molar-refractivity contribution < 1.29 is 19.1 Å². The number of hydrogen-bond donors (Lipinski definition) is 0. The molecule has 6 heteroatoms. The van der Waals surface area contributed by atoms with Crippen LogP contribution in [0.15, 0.2) is 18.2 Å². The van der Waals surface area contributed by atoms with E-state index in [2.05, 4.69) is 4.74 Å². The zero-order chi connectivity index (χ0) is 13.7. The third-order valence-electron chi connectivity index (χ3n) is 2.33. The van der Waals surface area contributed by atoms with Crippen molar-refractivity contribution in [3.05, 3.63) is 28.8 Å². The number of methoxy groups -OCH3 is 2. The zero-order valence-corrected chi connectivity index (χ0v) is 11.2. The number of nitrogens with zero attached hydrogens (tertiary/aromatic N) is 1.